The fourth-order valence-electron chi connectivity index (χ4n) is 2.33. The average Bonchev–Trinajstić information content (AvgIpc) is 2.72. The number of anilines is 1. The lowest BCUT2D eigenvalue weighted by Crippen LogP contribution is -2.39. The van der Waals surface area contributed by atoms with Crippen molar-refractivity contribution in [2.75, 3.05) is 31.3 Å². The van der Waals surface area contributed by atoms with Crippen LogP contribution in [0.2, 0.25) is 0 Å². The summed E-state index contributed by atoms with van der Waals surface area (Å²) in [5.74, 6) is -0.241. The third-order valence-corrected chi connectivity index (χ3v) is 5.42. The number of benzene rings is 2. The van der Waals surface area contributed by atoms with Gasteiger partial charge in [-0.25, -0.2) is 18.6 Å². The van der Waals surface area contributed by atoms with Crippen LogP contribution in [-0.4, -0.2) is 53.7 Å². The number of hydrogen-bond acceptors (Lipinski definition) is 8. The first kappa shape index (κ1) is 24.2. The maximum Gasteiger partial charge on any atom is 0.513 e. The summed E-state index contributed by atoms with van der Waals surface area (Å²) in [4.78, 5) is 23.5. The molecule has 0 aromatic heterocycles. The largest absolute Gasteiger partial charge is 0.513 e. The molecule has 12 heteroatoms. The number of amides is 1. The Kier molecular flexibility index (Phi) is 8.39. The molecule has 0 heterocycles. The number of hydrazone groups is 1. The van der Waals surface area contributed by atoms with Gasteiger partial charge < -0.3 is 14.2 Å². The van der Waals surface area contributed by atoms with E-state index in [0.29, 0.717) is 11.3 Å². The highest BCUT2D eigenvalue weighted by Crippen LogP contribution is 2.28. The third kappa shape index (κ3) is 7.26. The molecular formula is C19H20BrN3O7S. The van der Waals surface area contributed by atoms with Crippen LogP contribution in [0.3, 0.4) is 0 Å². The number of methoxy groups -OCH3 is 2. The SMILES string of the molecule is COC(=O)Oc1ccc(/C=N\NC(=O)CN(c2ccc(Br)cc2)S(C)(=O)=O)cc1OC. The Morgan fingerprint density at radius 2 is 1.81 bits per heavy atom. The highest BCUT2D eigenvalue weighted by molar-refractivity contribution is 9.10. The van der Waals surface area contributed by atoms with Crippen molar-refractivity contribution in [3.63, 3.8) is 0 Å². The molecule has 31 heavy (non-hydrogen) atoms. The van der Waals surface area contributed by atoms with Crippen LogP contribution in [0.5, 0.6) is 11.5 Å². The molecule has 0 aliphatic rings. The van der Waals surface area contributed by atoms with Crippen molar-refractivity contribution in [1.82, 2.24) is 5.43 Å². The number of sulfonamides is 1. The molecule has 0 spiro atoms. The van der Waals surface area contributed by atoms with Gasteiger partial charge in [0.25, 0.3) is 5.91 Å². The van der Waals surface area contributed by atoms with Crippen LogP contribution in [0.4, 0.5) is 10.5 Å². The molecule has 2 aromatic carbocycles. The second-order valence-corrected chi connectivity index (χ2v) is 8.83. The molecule has 10 nitrogen and oxygen atoms in total. The van der Waals surface area contributed by atoms with Gasteiger partial charge in [-0.3, -0.25) is 9.10 Å². The van der Waals surface area contributed by atoms with Crippen LogP contribution >= 0.6 is 15.9 Å². The zero-order chi connectivity index (χ0) is 23.0. The molecule has 0 atom stereocenters. The first-order valence-corrected chi connectivity index (χ1v) is 11.3. The topological polar surface area (TPSA) is 124 Å². The molecule has 0 aliphatic heterocycles. The van der Waals surface area contributed by atoms with E-state index in [1.165, 1.54) is 32.6 Å². The second-order valence-electron chi connectivity index (χ2n) is 6.01. The number of carbonyl (C=O) groups is 2. The number of nitrogens with one attached hydrogen (secondary N) is 1. The zero-order valence-corrected chi connectivity index (χ0v) is 19.3. The minimum atomic E-state index is -3.69. The quantitative estimate of drug-likeness (QED) is 0.249. The van der Waals surface area contributed by atoms with Gasteiger partial charge in [0.1, 0.15) is 6.54 Å². The van der Waals surface area contributed by atoms with Gasteiger partial charge in [-0.1, -0.05) is 15.9 Å². The van der Waals surface area contributed by atoms with Gasteiger partial charge >= 0.3 is 6.16 Å². The fraction of sp³-hybridized carbons (Fsp3) is 0.211. The Labute approximate surface area is 188 Å². The van der Waals surface area contributed by atoms with Crippen LogP contribution < -0.4 is 19.2 Å². The van der Waals surface area contributed by atoms with Crippen molar-refractivity contribution in [3.05, 3.63) is 52.5 Å². The van der Waals surface area contributed by atoms with Crippen LogP contribution in [0, 0.1) is 0 Å². The molecule has 0 fully saturated rings. The molecular weight excluding hydrogens is 494 g/mol. The molecule has 0 bridgehead atoms. The maximum atomic E-state index is 12.2. The summed E-state index contributed by atoms with van der Waals surface area (Å²) >= 11 is 3.28. The summed E-state index contributed by atoms with van der Waals surface area (Å²) in [5, 5.41) is 3.83. The first-order chi connectivity index (χ1) is 14.6. The van der Waals surface area contributed by atoms with E-state index in [1.807, 2.05) is 0 Å². The van der Waals surface area contributed by atoms with E-state index in [9.17, 15) is 18.0 Å². The molecule has 0 unspecified atom stereocenters. The standard InChI is InChI=1S/C19H20BrN3O7S/c1-28-17-10-13(4-9-16(17)30-19(25)29-2)11-21-22-18(24)12-23(31(3,26)27)15-7-5-14(20)6-8-15/h4-11H,12H2,1-3H3,(H,22,24)/b21-11-. The molecule has 0 aliphatic carbocycles. The van der Waals surface area contributed by atoms with Crippen molar-refractivity contribution >= 4 is 49.9 Å². The lowest BCUT2D eigenvalue weighted by atomic mass is 10.2. The van der Waals surface area contributed by atoms with Crippen molar-refractivity contribution in [3.8, 4) is 11.5 Å². The Bertz CT molecular complexity index is 1070. The lowest BCUT2D eigenvalue weighted by molar-refractivity contribution is -0.119. The van der Waals surface area contributed by atoms with E-state index in [4.69, 9.17) is 9.47 Å². The van der Waals surface area contributed by atoms with Gasteiger partial charge in [-0.2, -0.15) is 5.10 Å². The summed E-state index contributed by atoms with van der Waals surface area (Å²) in [5.41, 5.74) is 3.15. The van der Waals surface area contributed by atoms with Crippen molar-refractivity contribution in [2.24, 2.45) is 5.10 Å². The van der Waals surface area contributed by atoms with Crippen LogP contribution in [0.1, 0.15) is 5.56 Å². The molecule has 2 rings (SSSR count). The second kappa shape index (κ2) is 10.8. The summed E-state index contributed by atoms with van der Waals surface area (Å²) in [6.45, 7) is -0.451. The monoisotopic (exact) mass is 513 g/mol. The van der Waals surface area contributed by atoms with E-state index in [-0.39, 0.29) is 11.5 Å². The number of nitrogens with zero attached hydrogens (tertiary/aromatic N) is 2. The van der Waals surface area contributed by atoms with E-state index < -0.39 is 28.6 Å². The van der Waals surface area contributed by atoms with Crippen molar-refractivity contribution in [1.29, 1.82) is 0 Å². The Balaban J connectivity index is 2.06. The average molecular weight is 514 g/mol. The minimum Gasteiger partial charge on any atom is -0.493 e. The zero-order valence-electron chi connectivity index (χ0n) is 16.9. The third-order valence-electron chi connectivity index (χ3n) is 3.75. The summed E-state index contributed by atoms with van der Waals surface area (Å²) in [7, 11) is -1.12. The summed E-state index contributed by atoms with van der Waals surface area (Å²) in [6, 6.07) is 11.1. The Hall–Kier alpha value is -3.12. The van der Waals surface area contributed by atoms with Crippen LogP contribution in [0.15, 0.2) is 52.0 Å². The number of hydrogen-bond donors (Lipinski definition) is 1. The van der Waals surface area contributed by atoms with Gasteiger partial charge in [0.2, 0.25) is 10.0 Å². The molecule has 2 aromatic rings. The molecule has 0 saturated carbocycles. The fourth-order valence-corrected chi connectivity index (χ4v) is 3.45. The first-order valence-electron chi connectivity index (χ1n) is 8.63. The van der Waals surface area contributed by atoms with Crippen molar-refractivity contribution < 1.29 is 32.2 Å². The van der Waals surface area contributed by atoms with Crippen molar-refractivity contribution in [2.45, 2.75) is 0 Å². The Morgan fingerprint density at radius 1 is 1.13 bits per heavy atom. The molecule has 0 radical (unpaired) electrons. The smallest absolute Gasteiger partial charge is 0.493 e. The summed E-state index contributed by atoms with van der Waals surface area (Å²) < 4.78 is 40.4. The minimum absolute atomic E-state index is 0.147. The molecule has 1 N–H and O–H groups in total. The predicted molar refractivity (Wildman–Crippen MR) is 118 cm³/mol. The van der Waals surface area contributed by atoms with E-state index in [1.54, 1.807) is 30.3 Å². The number of carbonyl (C=O) groups excluding carboxylic acids is 2. The molecule has 166 valence electrons. The molecule has 0 saturated heterocycles. The predicted octanol–water partition coefficient (Wildman–Crippen LogP) is 2.52. The lowest BCUT2D eigenvalue weighted by Gasteiger charge is -2.21. The van der Waals surface area contributed by atoms with E-state index >= 15 is 0 Å². The normalized spacial score (nSPS) is 11.1. The maximum absolute atomic E-state index is 12.2. The van der Waals surface area contributed by atoms with Crippen LogP contribution in [-0.2, 0) is 19.6 Å². The van der Waals surface area contributed by atoms with E-state index in [0.717, 1.165) is 15.0 Å². The summed E-state index contributed by atoms with van der Waals surface area (Å²) in [6.07, 6.45) is 1.44. The number of ether oxygens (including phenoxy) is 3. The van der Waals surface area contributed by atoms with Crippen LogP contribution in [0.25, 0.3) is 0 Å². The highest BCUT2D eigenvalue weighted by Gasteiger charge is 2.20. The van der Waals surface area contributed by atoms with E-state index in [2.05, 4.69) is 31.2 Å². The van der Waals surface area contributed by atoms with Gasteiger partial charge in [0.15, 0.2) is 11.5 Å². The highest BCUT2D eigenvalue weighted by atomic mass is 79.9. The van der Waals surface area contributed by atoms with Gasteiger partial charge in [-0.05, 0) is 48.0 Å². The Morgan fingerprint density at radius 3 is 2.39 bits per heavy atom. The van der Waals surface area contributed by atoms with Gasteiger partial charge in [0, 0.05) is 4.47 Å². The van der Waals surface area contributed by atoms with Gasteiger partial charge in [0.05, 0.1) is 32.4 Å². The van der Waals surface area contributed by atoms with Gasteiger partial charge in [-0.15, -0.1) is 0 Å². The number of halogens is 1. The molecule has 1 amide bonds. The number of rotatable bonds is 8.